The van der Waals surface area contributed by atoms with E-state index in [-0.39, 0.29) is 10.0 Å². The first-order chi connectivity index (χ1) is 16.9. The predicted octanol–water partition coefficient (Wildman–Crippen LogP) is 4.18. The number of hydrazone groups is 1. The van der Waals surface area contributed by atoms with E-state index in [1.807, 2.05) is 37.3 Å². The molecule has 0 aliphatic heterocycles. The summed E-state index contributed by atoms with van der Waals surface area (Å²) >= 11 is 6.28. The molecule has 4 rings (SSSR count). The van der Waals surface area contributed by atoms with Gasteiger partial charge in [0.2, 0.25) is 0 Å². The van der Waals surface area contributed by atoms with Gasteiger partial charge >= 0.3 is 0 Å². The van der Waals surface area contributed by atoms with Gasteiger partial charge in [0, 0.05) is 0 Å². The van der Waals surface area contributed by atoms with Gasteiger partial charge in [0.15, 0.2) is 5.15 Å². The molecule has 0 saturated carbocycles. The van der Waals surface area contributed by atoms with Crippen molar-refractivity contribution in [2.45, 2.75) is 11.8 Å². The molecule has 0 spiro atoms. The van der Waals surface area contributed by atoms with Crippen LogP contribution in [0.15, 0.2) is 101 Å². The number of halogens is 1. The van der Waals surface area contributed by atoms with Gasteiger partial charge in [-0.2, -0.15) is 10.2 Å². The number of benzene rings is 3. The van der Waals surface area contributed by atoms with Crippen molar-refractivity contribution in [2.24, 2.45) is 5.10 Å². The van der Waals surface area contributed by atoms with Crippen molar-refractivity contribution in [1.29, 1.82) is 0 Å². The topological polar surface area (TPSA) is 96.7 Å². The largest absolute Gasteiger partial charge is 0.271 e. The first-order valence-corrected chi connectivity index (χ1v) is 12.4. The van der Waals surface area contributed by atoms with Gasteiger partial charge in [-0.3, -0.25) is 9.10 Å². The third-order valence-corrected chi connectivity index (χ3v) is 7.23. The minimum absolute atomic E-state index is 0.0795. The first-order valence-electron chi connectivity index (χ1n) is 10.6. The van der Waals surface area contributed by atoms with Crippen LogP contribution in [0.4, 0.5) is 5.69 Å². The van der Waals surface area contributed by atoms with Crippen LogP contribution in [-0.4, -0.2) is 36.9 Å². The first kappa shape index (κ1) is 24.2. The fraction of sp³-hybridized carbons (Fsp3) is 0.0800. The van der Waals surface area contributed by atoms with Gasteiger partial charge in [-0.05, 0) is 43.3 Å². The van der Waals surface area contributed by atoms with E-state index in [9.17, 15) is 13.2 Å². The summed E-state index contributed by atoms with van der Waals surface area (Å²) in [4.78, 5) is 12.8. The predicted molar refractivity (Wildman–Crippen MR) is 136 cm³/mol. The highest BCUT2D eigenvalue weighted by Gasteiger charge is 2.27. The van der Waals surface area contributed by atoms with Crippen LogP contribution in [0, 0.1) is 6.92 Å². The molecule has 0 unspecified atom stereocenters. The van der Waals surface area contributed by atoms with Crippen molar-refractivity contribution in [1.82, 2.24) is 15.2 Å². The number of nitrogens with one attached hydrogen (secondary N) is 1. The molecule has 0 bridgehead atoms. The second-order valence-electron chi connectivity index (χ2n) is 7.49. The lowest BCUT2D eigenvalue weighted by atomic mass is 10.2. The van der Waals surface area contributed by atoms with Crippen LogP contribution in [0.1, 0.15) is 11.3 Å². The van der Waals surface area contributed by atoms with E-state index >= 15 is 0 Å². The SMILES string of the molecule is Cc1c(/C=N\NC(=O)CN(c2ccccc2)S(=O)(=O)c2ccccc2)c(Cl)nn1-c1ccccc1. The van der Waals surface area contributed by atoms with Crippen LogP contribution in [0.5, 0.6) is 0 Å². The maximum Gasteiger partial charge on any atom is 0.264 e. The lowest BCUT2D eigenvalue weighted by molar-refractivity contribution is -0.119. The molecule has 0 radical (unpaired) electrons. The fourth-order valence-electron chi connectivity index (χ4n) is 3.41. The summed E-state index contributed by atoms with van der Waals surface area (Å²) < 4.78 is 29.3. The molecular formula is C25H22ClN5O3S. The number of rotatable bonds is 8. The van der Waals surface area contributed by atoms with E-state index in [0.717, 1.165) is 15.7 Å². The van der Waals surface area contributed by atoms with Crippen LogP contribution < -0.4 is 9.73 Å². The van der Waals surface area contributed by atoms with Crippen LogP contribution in [0.25, 0.3) is 5.69 Å². The Morgan fingerprint density at radius 2 is 1.57 bits per heavy atom. The molecule has 1 aromatic heterocycles. The molecular weight excluding hydrogens is 486 g/mol. The molecule has 0 fully saturated rings. The van der Waals surface area contributed by atoms with E-state index < -0.39 is 22.5 Å². The monoisotopic (exact) mass is 507 g/mol. The standard InChI is InChI=1S/C25H22ClN5O3S/c1-19-23(25(26)29-31(19)21-13-7-3-8-14-21)17-27-28-24(32)18-30(20-11-5-2-6-12-20)35(33,34)22-15-9-4-10-16-22/h2-17H,18H2,1H3,(H,28,32)/b27-17-. The highest BCUT2D eigenvalue weighted by molar-refractivity contribution is 7.92. The lowest BCUT2D eigenvalue weighted by Gasteiger charge is -2.23. The highest BCUT2D eigenvalue weighted by atomic mass is 35.5. The summed E-state index contributed by atoms with van der Waals surface area (Å²) in [6, 6.07) is 25.8. The van der Waals surface area contributed by atoms with Crippen molar-refractivity contribution < 1.29 is 13.2 Å². The van der Waals surface area contributed by atoms with Gasteiger partial charge < -0.3 is 0 Å². The van der Waals surface area contributed by atoms with Gasteiger partial charge in [0.1, 0.15) is 6.54 Å². The summed E-state index contributed by atoms with van der Waals surface area (Å²) in [7, 11) is -3.98. The Bertz CT molecular complexity index is 1440. The van der Waals surface area contributed by atoms with Gasteiger partial charge in [0.05, 0.1) is 33.7 Å². The second-order valence-corrected chi connectivity index (χ2v) is 9.71. The van der Waals surface area contributed by atoms with E-state index in [4.69, 9.17) is 11.6 Å². The summed E-state index contributed by atoms with van der Waals surface area (Å²) in [5, 5.41) is 8.53. The van der Waals surface area contributed by atoms with Crippen molar-refractivity contribution >= 4 is 39.4 Å². The number of hydrogen-bond donors (Lipinski definition) is 1. The Balaban J connectivity index is 1.53. The lowest BCUT2D eigenvalue weighted by Crippen LogP contribution is -2.39. The fourth-order valence-corrected chi connectivity index (χ4v) is 5.11. The van der Waals surface area contributed by atoms with Gasteiger partial charge in [0.25, 0.3) is 15.9 Å². The van der Waals surface area contributed by atoms with E-state index in [1.165, 1.54) is 18.3 Å². The molecule has 0 aliphatic rings. The summed E-state index contributed by atoms with van der Waals surface area (Å²) in [5.74, 6) is -0.617. The number of para-hydroxylation sites is 2. The maximum atomic E-state index is 13.3. The van der Waals surface area contributed by atoms with Crippen molar-refractivity contribution in [2.75, 3.05) is 10.8 Å². The van der Waals surface area contributed by atoms with E-state index in [2.05, 4.69) is 15.6 Å². The van der Waals surface area contributed by atoms with E-state index in [0.29, 0.717) is 11.3 Å². The Labute approximate surface area is 208 Å². The molecule has 1 heterocycles. The number of hydrogen-bond acceptors (Lipinski definition) is 5. The summed E-state index contributed by atoms with van der Waals surface area (Å²) in [6.45, 7) is 1.37. The zero-order chi connectivity index (χ0) is 24.8. The van der Waals surface area contributed by atoms with Crippen LogP contribution in [0.3, 0.4) is 0 Å². The third-order valence-electron chi connectivity index (χ3n) is 5.16. The smallest absolute Gasteiger partial charge is 0.264 e. The number of carbonyl (C=O) groups is 1. The van der Waals surface area contributed by atoms with Crippen LogP contribution >= 0.6 is 11.6 Å². The van der Waals surface area contributed by atoms with E-state index in [1.54, 1.807) is 53.2 Å². The van der Waals surface area contributed by atoms with Gasteiger partial charge in [-0.15, -0.1) is 0 Å². The second kappa shape index (κ2) is 10.5. The Hall–Kier alpha value is -3.95. The van der Waals surface area contributed by atoms with Crippen molar-refractivity contribution in [3.8, 4) is 5.69 Å². The molecule has 178 valence electrons. The Kier molecular flexibility index (Phi) is 7.28. The van der Waals surface area contributed by atoms with Gasteiger partial charge in [-0.1, -0.05) is 66.2 Å². The number of anilines is 1. The summed E-state index contributed by atoms with van der Waals surface area (Å²) in [5.41, 5.74) is 4.85. The zero-order valence-electron chi connectivity index (χ0n) is 18.7. The van der Waals surface area contributed by atoms with Crippen LogP contribution in [-0.2, 0) is 14.8 Å². The number of amides is 1. The number of nitrogens with zero attached hydrogens (tertiary/aromatic N) is 4. The minimum Gasteiger partial charge on any atom is -0.271 e. The Morgan fingerprint density at radius 3 is 2.20 bits per heavy atom. The zero-order valence-corrected chi connectivity index (χ0v) is 20.3. The third kappa shape index (κ3) is 5.42. The molecule has 1 N–H and O–H groups in total. The maximum absolute atomic E-state index is 13.3. The minimum atomic E-state index is -3.98. The van der Waals surface area contributed by atoms with Crippen molar-refractivity contribution in [3.63, 3.8) is 0 Å². The average Bonchev–Trinajstić information content (AvgIpc) is 3.17. The highest BCUT2D eigenvalue weighted by Crippen LogP contribution is 2.23. The summed E-state index contributed by atoms with van der Waals surface area (Å²) in [6.07, 6.45) is 1.39. The molecule has 8 nitrogen and oxygen atoms in total. The molecule has 35 heavy (non-hydrogen) atoms. The molecule has 0 atom stereocenters. The van der Waals surface area contributed by atoms with Crippen molar-refractivity contribution in [3.05, 3.63) is 107 Å². The number of carbonyl (C=O) groups excluding carboxylic acids is 1. The number of aromatic nitrogens is 2. The molecule has 0 saturated heterocycles. The molecule has 3 aromatic carbocycles. The quantitative estimate of drug-likeness (QED) is 0.286. The molecule has 0 aliphatic carbocycles. The molecule has 10 heteroatoms. The average molecular weight is 508 g/mol. The van der Waals surface area contributed by atoms with Crippen LogP contribution in [0.2, 0.25) is 5.15 Å². The number of sulfonamides is 1. The normalized spacial score (nSPS) is 11.5. The Morgan fingerprint density at radius 1 is 1.00 bits per heavy atom. The molecule has 1 amide bonds. The molecule has 4 aromatic rings. The van der Waals surface area contributed by atoms with Gasteiger partial charge in [-0.25, -0.2) is 18.5 Å².